The van der Waals surface area contributed by atoms with Crippen molar-refractivity contribution in [3.05, 3.63) is 23.8 Å². The Balaban J connectivity index is 2.37. The van der Waals surface area contributed by atoms with Gasteiger partial charge < -0.3 is 24.8 Å². The molecular weight excluding hydrogens is 288 g/mol. The molecular formula is C15H22N2O5. The van der Waals surface area contributed by atoms with Gasteiger partial charge in [0.1, 0.15) is 18.0 Å². The minimum Gasteiger partial charge on any atom is -0.497 e. The van der Waals surface area contributed by atoms with Gasteiger partial charge in [-0.1, -0.05) is 0 Å². The van der Waals surface area contributed by atoms with Gasteiger partial charge in [-0.25, -0.2) is 4.79 Å². The summed E-state index contributed by atoms with van der Waals surface area (Å²) in [7, 11) is 3.17. The highest BCUT2D eigenvalue weighted by Crippen LogP contribution is 2.22. The van der Waals surface area contributed by atoms with Gasteiger partial charge in [-0.15, -0.1) is 0 Å². The van der Waals surface area contributed by atoms with Crippen LogP contribution in [0.25, 0.3) is 0 Å². The minimum absolute atomic E-state index is 0.146. The van der Waals surface area contributed by atoms with Crippen LogP contribution in [0.3, 0.4) is 0 Å². The summed E-state index contributed by atoms with van der Waals surface area (Å²) in [6.45, 7) is 2.28. The summed E-state index contributed by atoms with van der Waals surface area (Å²) >= 11 is 0. The van der Waals surface area contributed by atoms with Crippen LogP contribution in [-0.4, -0.2) is 45.9 Å². The number of esters is 1. The SMILES string of the molecule is CCOC(=O)CNC(=O)NCCc1cc(OC)cc(OC)c1. The van der Waals surface area contributed by atoms with Crippen molar-refractivity contribution in [3.63, 3.8) is 0 Å². The second-order valence-corrected chi connectivity index (χ2v) is 4.39. The number of rotatable bonds is 8. The number of amides is 2. The predicted octanol–water partition coefficient (Wildman–Crippen LogP) is 1.11. The van der Waals surface area contributed by atoms with Gasteiger partial charge in [-0.3, -0.25) is 4.79 Å². The molecule has 0 aliphatic heterocycles. The van der Waals surface area contributed by atoms with Gasteiger partial charge in [0.05, 0.1) is 20.8 Å². The van der Waals surface area contributed by atoms with Crippen LogP contribution in [0.15, 0.2) is 18.2 Å². The lowest BCUT2D eigenvalue weighted by Crippen LogP contribution is -2.39. The van der Waals surface area contributed by atoms with Crippen molar-refractivity contribution >= 4 is 12.0 Å². The average molecular weight is 310 g/mol. The van der Waals surface area contributed by atoms with E-state index in [1.807, 2.05) is 12.1 Å². The molecule has 0 aliphatic carbocycles. The number of hydrogen-bond donors (Lipinski definition) is 2. The van der Waals surface area contributed by atoms with Gasteiger partial charge in [0.25, 0.3) is 0 Å². The normalized spacial score (nSPS) is 9.77. The first-order valence-electron chi connectivity index (χ1n) is 6.98. The third kappa shape index (κ3) is 6.34. The molecule has 0 fully saturated rings. The van der Waals surface area contributed by atoms with Crippen LogP contribution < -0.4 is 20.1 Å². The molecule has 2 N–H and O–H groups in total. The average Bonchev–Trinajstić information content (AvgIpc) is 2.52. The first-order valence-corrected chi connectivity index (χ1v) is 6.98. The Morgan fingerprint density at radius 3 is 2.23 bits per heavy atom. The van der Waals surface area contributed by atoms with Crippen molar-refractivity contribution in [2.24, 2.45) is 0 Å². The summed E-state index contributed by atoms with van der Waals surface area (Å²) < 4.78 is 15.1. The monoisotopic (exact) mass is 310 g/mol. The van der Waals surface area contributed by atoms with Crippen molar-refractivity contribution in [3.8, 4) is 11.5 Å². The molecule has 0 saturated carbocycles. The van der Waals surface area contributed by atoms with Crippen molar-refractivity contribution in [1.82, 2.24) is 10.6 Å². The van der Waals surface area contributed by atoms with E-state index in [2.05, 4.69) is 10.6 Å². The third-order valence-electron chi connectivity index (χ3n) is 2.81. The summed E-state index contributed by atoms with van der Waals surface area (Å²) in [6, 6.07) is 5.12. The van der Waals surface area contributed by atoms with E-state index in [4.69, 9.17) is 14.2 Å². The highest BCUT2D eigenvalue weighted by atomic mass is 16.5. The zero-order chi connectivity index (χ0) is 16.4. The van der Waals surface area contributed by atoms with E-state index in [-0.39, 0.29) is 6.54 Å². The van der Waals surface area contributed by atoms with Crippen LogP contribution in [0.4, 0.5) is 4.79 Å². The quantitative estimate of drug-likeness (QED) is 0.703. The van der Waals surface area contributed by atoms with Crippen molar-refractivity contribution in [2.75, 3.05) is 33.9 Å². The molecule has 0 radical (unpaired) electrons. The predicted molar refractivity (Wildman–Crippen MR) is 81.3 cm³/mol. The first kappa shape index (κ1) is 17.6. The summed E-state index contributed by atoms with van der Waals surface area (Å²) in [5.74, 6) is 0.928. The molecule has 0 atom stereocenters. The maximum Gasteiger partial charge on any atom is 0.325 e. The first-order chi connectivity index (χ1) is 10.6. The zero-order valence-electron chi connectivity index (χ0n) is 13.1. The summed E-state index contributed by atoms with van der Waals surface area (Å²) in [4.78, 5) is 22.6. The molecule has 0 bridgehead atoms. The van der Waals surface area contributed by atoms with Gasteiger partial charge in [-0.2, -0.15) is 0 Å². The summed E-state index contributed by atoms with van der Waals surface area (Å²) in [5.41, 5.74) is 0.974. The molecule has 22 heavy (non-hydrogen) atoms. The number of carbonyl (C=O) groups is 2. The number of carbonyl (C=O) groups excluding carboxylic acids is 2. The molecule has 1 aromatic carbocycles. The maximum absolute atomic E-state index is 11.5. The van der Waals surface area contributed by atoms with Crippen LogP contribution in [0.1, 0.15) is 12.5 Å². The molecule has 7 heteroatoms. The van der Waals surface area contributed by atoms with Crippen LogP contribution in [0.2, 0.25) is 0 Å². The molecule has 0 saturated heterocycles. The Morgan fingerprint density at radius 1 is 1.05 bits per heavy atom. The van der Waals surface area contributed by atoms with E-state index in [1.54, 1.807) is 27.2 Å². The smallest absolute Gasteiger partial charge is 0.325 e. The van der Waals surface area contributed by atoms with E-state index >= 15 is 0 Å². The van der Waals surface area contributed by atoms with E-state index in [0.29, 0.717) is 31.1 Å². The Kier molecular flexibility index (Phi) is 7.60. The zero-order valence-corrected chi connectivity index (χ0v) is 13.1. The number of nitrogens with one attached hydrogen (secondary N) is 2. The lowest BCUT2D eigenvalue weighted by atomic mass is 10.1. The number of urea groups is 1. The summed E-state index contributed by atoms with van der Waals surface area (Å²) in [5, 5.41) is 5.09. The number of benzene rings is 1. The number of ether oxygens (including phenoxy) is 3. The highest BCUT2D eigenvalue weighted by molar-refractivity contribution is 5.80. The Labute approximate surface area is 129 Å². The standard InChI is InChI=1S/C15H22N2O5/c1-4-22-14(18)10-17-15(19)16-6-5-11-7-12(20-2)9-13(8-11)21-3/h7-9H,4-6,10H2,1-3H3,(H2,16,17,19). The van der Waals surface area contributed by atoms with E-state index in [9.17, 15) is 9.59 Å². The maximum atomic E-state index is 11.5. The van der Waals surface area contributed by atoms with Gasteiger partial charge in [0.2, 0.25) is 0 Å². The van der Waals surface area contributed by atoms with Crippen molar-refractivity contribution in [1.29, 1.82) is 0 Å². The molecule has 0 aliphatic rings. The second-order valence-electron chi connectivity index (χ2n) is 4.39. The van der Waals surface area contributed by atoms with Crippen LogP contribution >= 0.6 is 0 Å². The van der Waals surface area contributed by atoms with Crippen LogP contribution in [0.5, 0.6) is 11.5 Å². The second kappa shape index (κ2) is 9.49. The van der Waals surface area contributed by atoms with Crippen LogP contribution in [-0.2, 0) is 16.0 Å². The Bertz CT molecular complexity index is 482. The molecule has 0 aromatic heterocycles. The van der Waals surface area contributed by atoms with Crippen LogP contribution in [0, 0.1) is 0 Å². The fourth-order valence-corrected chi connectivity index (χ4v) is 1.76. The van der Waals surface area contributed by atoms with Gasteiger partial charge in [0, 0.05) is 12.6 Å². The molecule has 2 amide bonds. The van der Waals surface area contributed by atoms with Gasteiger partial charge in [-0.05, 0) is 31.0 Å². The number of methoxy groups -OCH3 is 2. The van der Waals surface area contributed by atoms with Crippen molar-refractivity contribution < 1.29 is 23.8 Å². The fraction of sp³-hybridized carbons (Fsp3) is 0.467. The topological polar surface area (TPSA) is 85.9 Å². The molecule has 0 heterocycles. The summed E-state index contributed by atoms with van der Waals surface area (Å²) in [6.07, 6.45) is 0.611. The Hall–Kier alpha value is -2.44. The minimum atomic E-state index is -0.463. The Morgan fingerprint density at radius 2 is 1.68 bits per heavy atom. The van der Waals surface area contributed by atoms with E-state index in [0.717, 1.165) is 5.56 Å². The molecule has 7 nitrogen and oxygen atoms in total. The van der Waals surface area contributed by atoms with Crippen molar-refractivity contribution in [2.45, 2.75) is 13.3 Å². The largest absolute Gasteiger partial charge is 0.497 e. The highest BCUT2D eigenvalue weighted by Gasteiger charge is 2.06. The number of hydrogen-bond acceptors (Lipinski definition) is 5. The lowest BCUT2D eigenvalue weighted by molar-refractivity contribution is -0.141. The third-order valence-corrected chi connectivity index (χ3v) is 2.81. The van der Waals surface area contributed by atoms with Gasteiger partial charge in [0.15, 0.2) is 0 Å². The molecule has 0 spiro atoms. The lowest BCUT2D eigenvalue weighted by Gasteiger charge is -2.10. The molecule has 0 unspecified atom stereocenters. The fourth-order valence-electron chi connectivity index (χ4n) is 1.76. The molecule has 122 valence electrons. The van der Waals surface area contributed by atoms with E-state index < -0.39 is 12.0 Å². The van der Waals surface area contributed by atoms with Gasteiger partial charge >= 0.3 is 12.0 Å². The molecule has 1 rings (SSSR count). The molecule has 1 aromatic rings. The van der Waals surface area contributed by atoms with E-state index in [1.165, 1.54) is 0 Å².